The van der Waals surface area contributed by atoms with Gasteiger partial charge in [-0.2, -0.15) is 13.2 Å². The van der Waals surface area contributed by atoms with Crippen LogP contribution in [-0.2, 0) is 10.3 Å². The molecule has 9 heteroatoms. The number of hydrogen-bond acceptors (Lipinski definition) is 4. The van der Waals surface area contributed by atoms with Gasteiger partial charge in [-0.05, 0) is 43.5 Å². The van der Waals surface area contributed by atoms with E-state index in [1.165, 1.54) is 12.0 Å². The van der Waals surface area contributed by atoms with Gasteiger partial charge in [0.15, 0.2) is 0 Å². The summed E-state index contributed by atoms with van der Waals surface area (Å²) in [6.07, 6.45) is -3.49. The number of benzene rings is 1. The summed E-state index contributed by atoms with van der Waals surface area (Å²) in [6, 6.07) is 6.24. The Labute approximate surface area is 161 Å². The van der Waals surface area contributed by atoms with Gasteiger partial charge >= 0.3 is 12.2 Å². The van der Waals surface area contributed by atoms with Crippen LogP contribution in [0.15, 0.2) is 24.3 Å². The fourth-order valence-corrected chi connectivity index (χ4v) is 3.92. The van der Waals surface area contributed by atoms with Crippen molar-refractivity contribution < 1.29 is 27.5 Å². The molecule has 2 saturated heterocycles. The summed E-state index contributed by atoms with van der Waals surface area (Å²) < 4.78 is 44.3. The highest BCUT2D eigenvalue weighted by Crippen LogP contribution is 2.35. The van der Waals surface area contributed by atoms with Gasteiger partial charge in [-0.1, -0.05) is 19.1 Å². The van der Waals surface area contributed by atoms with Crippen molar-refractivity contribution in [3.8, 4) is 5.75 Å². The normalized spacial score (nSPS) is 26.5. The van der Waals surface area contributed by atoms with E-state index in [1.807, 2.05) is 0 Å². The predicted octanol–water partition coefficient (Wildman–Crippen LogP) is 3.08. The number of nitrogens with one attached hydrogen (secondary N) is 1. The van der Waals surface area contributed by atoms with E-state index < -0.39 is 29.6 Å². The molecule has 3 amide bonds. The molecule has 3 rings (SSSR count). The van der Waals surface area contributed by atoms with E-state index >= 15 is 0 Å². The fourth-order valence-electron chi connectivity index (χ4n) is 3.92. The van der Waals surface area contributed by atoms with E-state index in [0.717, 1.165) is 4.90 Å². The number of alkyl halides is 3. The summed E-state index contributed by atoms with van der Waals surface area (Å²) in [5.74, 6) is -1.26. The van der Waals surface area contributed by atoms with Crippen molar-refractivity contribution in [2.75, 3.05) is 26.9 Å². The smallest absolute Gasteiger partial charge is 0.393 e. The van der Waals surface area contributed by atoms with Crippen LogP contribution in [0.3, 0.4) is 0 Å². The molecule has 0 aromatic heterocycles. The van der Waals surface area contributed by atoms with Crippen LogP contribution in [0.2, 0.25) is 0 Å². The van der Waals surface area contributed by atoms with Crippen LogP contribution >= 0.6 is 0 Å². The number of carbonyl (C=O) groups is 2. The quantitative estimate of drug-likeness (QED) is 0.773. The van der Waals surface area contributed by atoms with Crippen molar-refractivity contribution in [2.45, 2.75) is 37.9 Å². The third kappa shape index (κ3) is 3.67. The molecular formula is C19H24F3N3O3. The monoisotopic (exact) mass is 399 g/mol. The number of rotatable bonds is 5. The molecule has 0 unspecified atom stereocenters. The van der Waals surface area contributed by atoms with Crippen molar-refractivity contribution in [3.63, 3.8) is 0 Å². The van der Waals surface area contributed by atoms with Gasteiger partial charge in [-0.25, -0.2) is 9.69 Å². The molecule has 2 heterocycles. The van der Waals surface area contributed by atoms with Crippen molar-refractivity contribution in [1.82, 2.24) is 15.1 Å². The summed E-state index contributed by atoms with van der Waals surface area (Å²) >= 11 is 0. The largest absolute Gasteiger partial charge is 0.497 e. The molecular weight excluding hydrogens is 375 g/mol. The van der Waals surface area contributed by atoms with Crippen LogP contribution in [0, 0.1) is 5.92 Å². The number of urea groups is 1. The van der Waals surface area contributed by atoms with Crippen LogP contribution < -0.4 is 10.1 Å². The number of ether oxygens (including phenoxy) is 1. The Kier molecular flexibility index (Phi) is 5.56. The van der Waals surface area contributed by atoms with E-state index in [4.69, 9.17) is 4.74 Å². The molecule has 1 N–H and O–H groups in total. The van der Waals surface area contributed by atoms with Gasteiger partial charge in [0.25, 0.3) is 5.91 Å². The molecule has 0 saturated carbocycles. The van der Waals surface area contributed by atoms with Gasteiger partial charge in [0.2, 0.25) is 0 Å². The molecule has 2 atom stereocenters. The summed E-state index contributed by atoms with van der Waals surface area (Å²) in [5.41, 5.74) is -0.605. The number of hydrogen-bond donors (Lipinski definition) is 1. The number of likely N-dealkylation sites (tertiary alicyclic amines) is 1. The van der Waals surface area contributed by atoms with Crippen LogP contribution in [0.5, 0.6) is 5.75 Å². The molecule has 154 valence electrons. The van der Waals surface area contributed by atoms with Gasteiger partial charge < -0.3 is 10.1 Å². The predicted molar refractivity (Wildman–Crippen MR) is 95.6 cm³/mol. The van der Waals surface area contributed by atoms with Gasteiger partial charge in [0.1, 0.15) is 11.3 Å². The zero-order valence-corrected chi connectivity index (χ0v) is 15.9. The lowest BCUT2D eigenvalue weighted by atomic mass is 9.87. The van der Waals surface area contributed by atoms with E-state index in [9.17, 15) is 22.8 Å². The zero-order chi connectivity index (χ0) is 20.5. The highest BCUT2D eigenvalue weighted by atomic mass is 19.4. The second kappa shape index (κ2) is 7.62. The van der Waals surface area contributed by atoms with Crippen molar-refractivity contribution in [3.05, 3.63) is 29.8 Å². The Morgan fingerprint density at radius 2 is 1.93 bits per heavy atom. The second-order valence-corrected chi connectivity index (χ2v) is 7.25. The number of piperidine rings is 1. The standard InChI is InChI=1S/C19H24F3N3O3/c1-3-18(13-6-8-15(28-2)9-7-13)16(26)25(17(27)23-18)12-24-10-4-5-14(11-24)19(20,21)22/h6-9,14H,3-5,10-12H2,1-2H3,(H,23,27)/t14-,18-/m1/s1. The highest BCUT2D eigenvalue weighted by molar-refractivity contribution is 6.07. The summed E-state index contributed by atoms with van der Waals surface area (Å²) in [7, 11) is 1.53. The summed E-state index contributed by atoms with van der Waals surface area (Å²) in [5, 5.41) is 2.75. The van der Waals surface area contributed by atoms with Crippen LogP contribution in [-0.4, -0.2) is 54.8 Å². The van der Waals surface area contributed by atoms with Gasteiger partial charge in [-0.15, -0.1) is 0 Å². The Morgan fingerprint density at radius 3 is 2.50 bits per heavy atom. The first-order valence-electron chi connectivity index (χ1n) is 9.29. The SMILES string of the molecule is CC[C@]1(c2ccc(OC)cc2)NC(=O)N(CN2CCC[C@@H](C(F)(F)F)C2)C1=O. The minimum absolute atomic E-state index is 0.0743. The van der Waals surface area contributed by atoms with E-state index in [0.29, 0.717) is 30.7 Å². The number of carbonyl (C=O) groups excluding carboxylic acids is 2. The highest BCUT2D eigenvalue weighted by Gasteiger charge is 2.52. The van der Waals surface area contributed by atoms with Crippen molar-refractivity contribution >= 4 is 11.9 Å². The van der Waals surface area contributed by atoms with Gasteiger partial charge in [0, 0.05) is 6.54 Å². The van der Waals surface area contributed by atoms with Gasteiger partial charge in [-0.3, -0.25) is 9.69 Å². The molecule has 2 aliphatic heterocycles. The molecule has 1 aromatic rings. The maximum atomic E-state index is 13.1. The Hall–Kier alpha value is -2.29. The lowest BCUT2D eigenvalue weighted by Gasteiger charge is -2.35. The number of halogens is 3. The third-order valence-corrected chi connectivity index (χ3v) is 5.60. The Balaban J connectivity index is 1.78. The average Bonchev–Trinajstić information content (AvgIpc) is 2.93. The van der Waals surface area contributed by atoms with Crippen molar-refractivity contribution in [1.29, 1.82) is 0 Å². The van der Waals surface area contributed by atoms with Crippen LogP contribution in [0.1, 0.15) is 31.7 Å². The molecule has 1 aromatic carbocycles. The summed E-state index contributed by atoms with van der Waals surface area (Å²) in [6.45, 7) is 1.86. The molecule has 28 heavy (non-hydrogen) atoms. The molecule has 6 nitrogen and oxygen atoms in total. The zero-order valence-electron chi connectivity index (χ0n) is 15.9. The van der Waals surface area contributed by atoms with E-state index in [-0.39, 0.29) is 19.6 Å². The molecule has 0 aliphatic carbocycles. The Bertz CT molecular complexity index is 738. The van der Waals surface area contributed by atoms with E-state index in [1.54, 1.807) is 31.2 Å². The number of imide groups is 1. The van der Waals surface area contributed by atoms with Gasteiger partial charge in [0.05, 0.1) is 19.7 Å². The third-order valence-electron chi connectivity index (χ3n) is 5.60. The first-order chi connectivity index (χ1) is 13.2. The maximum absolute atomic E-state index is 13.1. The number of amides is 3. The molecule has 2 fully saturated rings. The average molecular weight is 399 g/mol. The molecule has 0 spiro atoms. The summed E-state index contributed by atoms with van der Waals surface area (Å²) in [4.78, 5) is 28.2. The molecule has 0 bridgehead atoms. The minimum Gasteiger partial charge on any atom is -0.497 e. The molecule has 2 aliphatic rings. The van der Waals surface area contributed by atoms with Crippen LogP contribution in [0.25, 0.3) is 0 Å². The Morgan fingerprint density at radius 1 is 1.25 bits per heavy atom. The lowest BCUT2D eigenvalue weighted by Crippen LogP contribution is -2.49. The van der Waals surface area contributed by atoms with E-state index in [2.05, 4.69) is 5.32 Å². The van der Waals surface area contributed by atoms with Crippen LogP contribution in [0.4, 0.5) is 18.0 Å². The first-order valence-corrected chi connectivity index (χ1v) is 9.29. The second-order valence-electron chi connectivity index (χ2n) is 7.25. The lowest BCUT2D eigenvalue weighted by molar-refractivity contribution is -0.187. The number of methoxy groups -OCH3 is 1. The maximum Gasteiger partial charge on any atom is 0.393 e. The first kappa shape index (κ1) is 20.4. The van der Waals surface area contributed by atoms with Crippen molar-refractivity contribution in [2.24, 2.45) is 5.92 Å². The number of nitrogens with zero attached hydrogens (tertiary/aromatic N) is 2. The molecule has 0 radical (unpaired) electrons. The topological polar surface area (TPSA) is 61.9 Å². The minimum atomic E-state index is -4.27. The fraction of sp³-hybridized carbons (Fsp3) is 0.579.